The van der Waals surface area contributed by atoms with Crippen molar-refractivity contribution < 1.29 is 14.6 Å². The summed E-state index contributed by atoms with van der Waals surface area (Å²) in [6, 6.07) is 27.9. The number of aliphatic hydroxyl groups excluding tert-OH is 1. The van der Waals surface area contributed by atoms with Crippen LogP contribution in [-0.4, -0.2) is 46.6 Å². The Morgan fingerprint density at radius 2 is 1.60 bits per heavy atom. The molecular weight excluding hydrogens is 506 g/mol. The highest BCUT2D eigenvalue weighted by Gasteiger charge is 2.55. The van der Waals surface area contributed by atoms with Crippen LogP contribution in [0.1, 0.15) is 36.5 Å². The number of hydrogen-bond acceptors (Lipinski definition) is 8. The van der Waals surface area contributed by atoms with Crippen molar-refractivity contribution >= 4 is 17.5 Å². The highest BCUT2D eigenvalue weighted by Crippen LogP contribution is 2.49. The zero-order valence-corrected chi connectivity index (χ0v) is 22.5. The van der Waals surface area contributed by atoms with Gasteiger partial charge in [-0.25, -0.2) is 0 Å². The maximum atomic E-state index is 12.6. The van der Waals surface area contributed by atoms with Crippen LogP contribution in [0.4, 0.5) is 17.5 Å². The van der Waals surface area contributed by atoms with Crippen LogP contribution in [0, 0.1) is 0 Å². The normalized spacial score (nSPS) is 22.1. The lowest BCUT2D eigenvalue weighted by molar-refractivity contribution is -0.110. The van der Waals surface area contributed by atoms with E-state index in [0.717, 1.165) is 22.4 Å². The van der Waals surface area contributed by atoms with Gasteiger partial charge in [0.2, 0.25) is 5.95 Å². The van der Waals surface area contributed by atoms with Crippen molar-refractivity contribution in [1.82, 2.24) is 9.97 Å². The van der Waals surface area contributed by atoms with Crippen LogP contribution in [0.25, 0.3) is 0 Å². The molecule has 2 aliphatic rings. The largest absolute Gasteiger partial charge is 0.497 e. The fourth-order valence-electron chi connectivity index (χ4n) is 6.20. The molecule has 4 aromatic rings. The highest BCUT2D eigenvalue weighted by atomic mass is 16.5. The van der Waals surface area contributed by atoms with E-state index in [9.17, 15) is 9.90 Å². The summed E-state index contributed by atoms with van der Waals surface area (Å²) < 4.78 is 12.8. The number of rotatable bonds is 7. The molecule has 0 amide bonds. The number of nitrogens with one attached hydrogen (secondary N) is 2. The van der Waals surface area contributed by atoms with E-state index in [2.05, 4.69) is 22.2 Å². The molecule has 1 unspecified atom stereocenters. The Hall–Kier alpha value is -4.34. The number of aromatic nitrogens is 2. The first-order valence-electron chi connectivity index (χ1n) is 13.4. The number of aliphatic hydroxyl groups is 1. The van der Waals surface area contributed by atoms with Gasteiger partial charge in [-0.2, -0.15) is 4.98 Å². The van der Waals surface area contributed by atoms with Crippen molar-refractivity contribution in [2.24, 2.45) is 0 Å². The summed E-state index contributed by atoms with van der Waals surface area (Å²) in [5.41, 5.74) is 6.93. The second-order valence-corrected chi connectivity index (χ2v) is 10.6. The van der Waals surface area contributed by atoms with Gasteiger partial charge in [-0.15, -0.1) is 0 Å². The van der Waals surface area contributed by atoms with Gasteiger partial charge in [0, 0.05) is 0 Å². The molecule has 40 heavy (non-hydrogen) atoms. The van der Waals surface area contributed by atoms with E-state index < -0.39 is 23.3 Å². The van der Waals surface area contributed by atoms with Crippen LogP contribution in [0.5, 0.6) is 5.75 Å². The standard InChI is InChI=1S/C31H33N5O4/c1-30(36-19-33-25-27(36)34-29(32)35-28(25)38)18-17-24(37)26(30)40-31(20-9-5-3-6-10-20,21-11-7-4-8-12-21)22-13-15-23(39-2)16-14-22/h3-16,24,26,33,37H,17-19H2,1-2H3,(H3,32,34,35,38)/t24-,26?,30+/m0/s1. The SMILES string of the molecule is COc1ccc(C(OC2[C@@H](O)CC[C@@]2(C)N2CNc3c2nc(N)[nH]c3=O)(c2ccccc2)c2ccccc2)cc1. The summed E-state index contributed by atoms with van der Waals surface area (Å²) in [5.74, 6) is 1.23. The van der Waals surface area contributed by atoms with E-state index >= 15 is 0 Å². The molecule has 6 rings (SSSR count). The lowest BCUT2D eigenvalue weighted by Crippen LogP contribution is -2.57. The number of H-pyrrole nitrogens is 1. The van der Waals surface area contributed by atoms with Crippen LogP contribution < -0.4 is 26.2 Å². The molecule has 5 N–H and O–H groups in total. The predicted molar refractivity (Wildman–Crippen MR) is 155 cm³/mol. The molecular formula is C31H33N5O4. The number of benzene rings is 3. The van der Waals surface area contributed by atoms with Crippen LogP contribution in [0.15, 0.2) is 89.7 Å². The number of aromatic amines is 1. The lowest BCUT2D eigenvalue weighted by atomic mass is 9.79. The predicted octanol–water partition coefficient (Wildman–Crippen LogP) is 3.84. The molecule has 2 heterocycles. The second-order valence-electron chi connectivity index (χ2n) is 10.6. The quantitative estimate of drug-likeness (QED) is 0.261. The van der Waals surface area contributed by atoms with Crippen molar-refractivity contribution in [3.8, 4) is 5.75 Å². The minimum absolute atomic E-state index is 0.0400. The van der Waals surface area contributed by atoms with Gasteiger partial charge in [-0.3, -0.25) is 9.78 Å². The molecule has 1 aliphatic heterocycles. The Labute approximate surface area is 232 Å². The second kappa shape index (κ2) is 10.0. The first-order chi connectivity index (χ1) is 19.4. The average Bonchev–Trinajstić information content (AvgIpc) is 3.54. The van der Waals surface area contributed by atoms with Crippen molar-refractivity contribution in [3.63, 3.8) is 0 Å². The van der Waals surface area contributed by atoms with Crippen molar-refractivity contribution in [3.05, 3.63) is 112 Å². The maximum Gasteiger partial charge on any atom is 0.277 e. The van der Waals surface area contributed by atoms with E-state index in [-0.39, 0.29) is 11.5 Å². The summed E-state index contributed by atoms with van der Waals surface area (Å²) in [4.78, 5) is 21.7. The maximum absolute atomic E-state index is 12.6. The van der Waals surface area contributed by atoms with Gasteiger partial charge in [0.25, 0.3) is 5.56 Å². The molecule has 0 saturated heterocycles. The van der Waals surface area contributed by atoms with Gasteiger partial charge in [-0.1, -0.05) is 72.8 Å². The molecule has 1 saturated carbocycles. The van der Waals surface area contributed by atoms with Crippen molar-refractivity contribution in [2.45, 2.75) is 43.1 Å². The van der Waals surface area contributed by atoms with Gasteiger partial charge in [-0.05, 0) is 48.6 Å². The van der Waals surface area contributed by atoms with Gasteiger partial charge < -0.3 is 30.5 Å². The average molecular weight is 540 g/mol. The molecule has 1 aliphatic carbocycles. The smallest absolute Gasteiger partial charge is 0.277 e. The zero-order valence-electron chi connectivity index (χ0n) is 22.5. The van der Waals surface area contributed by atoms with Crippen LogP contribution in [0.2, 0.25) is 0 Å². The molecule has 0 bridgehead atoms. The molecule has 3 aromatic carbocycles. The topological polar surface area (TPSA) is 126 Å². The van der Waals surface area contributed by atoms with E-state index in [4.69, 9.17) is 15.2 Å². The fraction of sp³-hybridized carbons (Fsp3) is 0.290. The number of anilines is 3. The van der Waals surface area contributed by atoms with Crippen molar-refractivity contribution in [1.29, 1.82) is 0 Å². The first-order valence-corrected chi connectivity index (χ1v) is 13.4. The Morgan fingerprint density at radius 1 is 1.00 bits per heavy atom. The number of ether oxygens (including phenoxy) is 2. The van der Waals surface area contributed by atoms with Gasteiger partial charge >= 0.3 is 0 Å². The molecule has 206 valence electrons. The number of methoxy groups -OCH3 is 1. The third-order valence-corrected chi connectivity index (χ3v) is 8.27. The zero-order chi connectivity index (χ0) is 27.9. The van der Waals surface area contributed by atoms with Gasteiger partial charge in [0.05, 0.1) is 25.4 Å². The Bertz CT molecular complexity index is 1500. The number of nitrogens with two attached hydrogens (primary N) is 1. The third-order valence-electron chi connectivity index (χ3n) is 8.27. The molecule has 1 fully saturated rings. The third kappa shape index (κ3) is 4.09. The molecule has 0 spiro atoms. The van der Waals surface area contributed by atoms with E-state index in [1.165, 1.54) is 0 Å². The number of nitrogen functional groups attached to an aromatic ring is 1. The van der Waals surface area contributed by atoms with Crippen molar-refractivity contribution in [2.75, 3.05) is 29.7 Å². The Balaban J connectivity index is 1.53. The molecule has 9 heteroatoms. The molecule has 0 radical (unpaired) electrons. The number of hydrogen-bond donors (Lipinski definition) is 4. The summed E-state index contributed by atoms with van der Waals surface area (Å²) in [6.45, 7) is 2.39. The minimum Gasteiger partial charge on any atom is -0.497 e. The molecule has 9 nitrogen and oxygen atoms in total. The van der Waals surface area contributed by atoms with Crippen LogP contribution in [0.3, 0.4) is 0 Å². The van der Waals surface area contributed by atoms with Gasteiger partial charge in [0.15, 0.2) is 5.82 Å². The number of nitrogens with zero attached hydrogens (tertiary/aromatic N) is 2. The van der Waals surface area contributed by atoms with E-state index in [1.807, 2.05) is 89.8 Å². The Morgan fingerprint density at radius 3 is 2.20 bits per heavy atom. The van der Waals surface area contributed by atoms with Crippen LogP contribution in [-0.2, 0) is 10.3 Å². The van der Waals surface area contributed by atoms with E-state index in [0.29, 0.717) is 31.0 Å². The molecule has 3 atom stereocenters. The van der Waals surface area contributed by atoms with Crippen LogP contribution >= 0.6 is 0 Å². The highest BCUT2D eigenvalue weighted by molar-refractivity contribution is 5.72. The lowest BCUT2D eigenvalue weighted by Gasteiger charge is -2.46. The Kier molecular flexibility index (Phi) is 6.48. The molecule has 1 aromatic heterocycles. The summed E-state index contributed by atoms with van der Waals surface area (Å²) >= 11 is 0. The fourth-order valence-corrected chi connectivity index (χ4v) is 6.20. The van der Waals surface area contributed by atoms with E-state index in [1.54, 1.807) is 7.11 Å². The first kappa shape index (κ1) is 25.9. The minimum atomic E-state index is -1.07. The van der Waals surface area contributed by atoms with Gasteiger partial charge in [0.1, 0.15) is 23.1 Å². The summed E-state index contributed by atoms with van der Waals surface area (Å²) in [5, 5.41) is 14.7. The number of fused-ring (bicyclic) bond motifs is 1. The monoisotopic (exact) mass is 539 g/mol. The summed E-state index contributed by atoms with van der Waals surface area (Å²) in [6.07, 6.45) is -0.284. The summed E-state index contributed by atoms with van der Waals surface area (Å²) in [7, 11) is 1.64.